The minimum absolute atomic E-state index is 0. The van der Waals surface area contributed by atoms with Crippen molar-refractivity contribution < 1.29 is 4.79 Å². The van der Waals surface area contributed by atoms with Gasteiger partial charge in [-0.1, -0.05) is 11.8 Å². The van der Waals surface area contributed by atoms with Gasteiger partial charge in [-0.25, -0.2) is 0 Å². The van der Waals surface area contributed by atoms with Gasteiger partial charge < -0.3 is 16.4 Å². The van der Waals surface area contributed by atoms with Crippen LogP contribution in [-0.4, -0.2) is 17.8 Å². The van der Waals surface area contributed by atoms with E-state index in [0.717, 1.165) is 17.1 Å². The van der Waals surface area contributed by atoms with Gasteiger partial charge in [0.15, 0.2) is 5.37 Å². The van der Waals surface area contributed by atoms with Crippen molar-refractivity contribution >= 4 is 30.1 Å². The number of dihydropyridines is 1. The Kier molecular flexibility index (Phi) is 3.11. The van der Waals surface area contributed by atoms with Gasteiger partial charge in [-0.3, -0.25) is 4.79 Å². The summed E-state index contributed by atoms with van der Waals surface area (Å²) < 4.78 is 0. The van der Waals surface area contributed by atoms with Gasteiger partial charge in [0.25, 0.3) is 5.91 Å². The number of hydrogen-bond donors (Lipinski definition) is 3. The lowest BCUT2D eigenvalue weighted by Crippen LogP contribution is -2.34. The molecule has 4 nitrogen and oxygen atoms in total. The molecule has 0 aromatic heterocycles. The van der Waals surface area contributed by atoms with Gasteiger partial charge in [0.1, 0.15) is 0 Å². The largest absolute Gasteiger partial charge is 0.386 e. The Morgan fingerprint density at radius 2 is 2.46 bits per heavy atom. The van der Waals surface area contributed by atoms with Crippen LogP contribution in [0.1, 0.15) is 0 Å². The predicted octanol–water partition coefficient (Wildman–Crippen LogP) is -0.116. The maximum absolute atomic E-state index is 10.8. The van der Waals surface area contributed by atoms with Crippen molar-refractivity contribution in [1.29, 1.82) is 0 Å². The normalized spacial score (nSPS) is 24.2. The highest BCUT2D eigenvalue weighted by Gasteiger charge is 2.27. The maximum Gasteiger partial charge on any atom is 0.250 e. The molecule has 0 aliphatic carbocycles. The average Bonchev–Trinajstić information content (AvgIpc) is 2.46. The quantitative estimate of drug-likeness (QED) is 0.576. The Morgan fingerprint density at radius 1 is 1.69 bits per heavy atom. The van der Waals surface area contributed by atoms with Gasteiger partial charge in [-0.05, 0) is 12.3 Å². The number of halogens is 1. The number of carbonyl (C=O) groups excluding carboxylic acids is 1. The van der Waals surface area contributed by atoms with Gasteiger partial charge in [0.05, 0.1) is 0 Å². The molecule has 6 heteroatoms. The Labute approximate surface area is 86.4 Å². The lowest BCUT2D eigenvalue weighted by atomic mass is 10.3. The third-order valence-corrected chi connectivity index (χ3v) is 2.97. The minimum atomic E-state index is -0.317. The van der Waals surface area contributed by atoms with Crippen molar-refractivity contribution in [2.75, 3.05) is 6.54 Å². The Hall–Kier alpha value is -0.810. The topological polar surface area (TPSA) is 67.2 Å². The molecular formula is C7H10ClN3OS. The molecule has 2 aliphatic heterocycles. The zero-order chi connectivity index (χ0) is 8.55. The Morgan fingerprint density at radius 3 is 3.08 bits per heavy atom. The van der Waals surface area contributed by atoms with E-state index < -0.39 is 0 Å². The van der Waals surface area contributed by atoms with Crippen molar-refractivity contribution in [2.24, 2.45) is 5.73 Å². The van der Waals surface area contributed by atoms with Crippen LogP contribution < -0.4 is 16.4 Å². The number of nitrogens with one attached hydrogen (secondary N) is 2. The molecule has 4 N–H and O–H groups in total. The molecule has 0 fully saturated rings. The fourth-order valence-corrected chi connectivity index (χ4v) is 2.17. The molecule has 0 bridgehead atoms. The van der Waals surface area contributed by atoms with E-state index in [1.165, 1.54) is 11.8 Å². The van der Waals surface area contributed by atoms with E-state index in [4.69, 9.17) is 5.73 Å². The summed E-state index contributed by atoms with van der Waals surface area (Å²) in [6, 6.07) is 0. The van der Waals surface area contributed by atoms with Crippen LogP contribution >= 0.6 is 24.2 Å². The van der Waals surface area contributed by atoms with Gasteiger partial charge in [-0.15, -0.1) is 12.4 Å². The first kappa shape index (κ1) is 10.3. The van der Waals surface area contributed by atoms with E-state index in [1.54, 1.807) is 0 Å². The van der Waals surface area contributed by atoms with Crippen LogP contribution in [0.15, 0.2) is 22.9 Å². The molecule has 0 radical (unpaired) electrons. The summed E-state index contributed by atoms with van der Waals surface area (Å²) in [5, 5.41) is 5.81. The van der Waals surface area contributed by atoms with Crippen LogP contribution in [0.3, 0.4) is 0 Å². The van der Waals surface area contributed by atoms with Crippen molar-refractivity contribution in [2.45, 2.75) is 5.37 Å². The Bertz CT molecular complexity index is 289. The molecule has 13 heavy (non-hydrogen) atoms. The third kappa shape index (κ3) is 1.92. The molecular weight excluding hydrogens is 210 g/mol. The van der Waals surface area contributed by atoms with Crippen molar-refractivity contribution in [3.63, 3.8) is 0 Å². The van der Waals surface area contributed by atoms with E-state index >= 15 is 0 Å². The molecule has 1 amide bonds. The third-order valence-electron chi connectivity index (χ3n) is 1.74. The van der Waals surface area contributed by atoms with E-state index in [-0.39, 0.29) is 23.7 Å². The number of allylic oxidation sites excluding steroid dienone is 1. The van der Waals surface area contributed by atoms with Crippen LogP contribution in [0.2, 0.25) is 0 Å². The van der Waals surface area contributed by atoms with E-state index in [2.05, 4.69) is 10.6 Å². The summed E-state index contributed by atoms with van der Waals surface area (Å²) in [4.78, 5) is 12.0. The number of carbonyl (C=O) groups is 1. The highest BCUT2D eigenvalue weighted by atomic mass is 35.5. The summed E-state index contributed by atoms with van der Waals surface area (Å²) in [6.07, 6.45) is 3.77. The standard InChI is InChI=1S/C7H9N3OS.ClH/c8-6(11)7-10-4-1-2-9-3-5(4)12-7;/h1-2,7,9-10H,3H2,(H2,8,11);1H. The first-order valence-electron chi connectivity index (χ1n) is 3.63. The Balaban J connectivity index is 0.000000845. The second-order valence-electron chi connectivity index (χ2n) is 2.60. The average molecular weight is 220 g/mol. The molecule has 0 aromatic rings. The van der Waals surface area contributed by atoms with Crippen molar-refractivity contribution in [1.82, 2.24) is 10.6 Å². The van der Waals surface area contributed by atoms with Crippen molar-refractivity contribution in [3.8, 4) is 0 Å². The molecule has 2 heterocycles. The van der Waals surface area contributed by atoms with E-state index in [9.17, 15) is 4.79 Å². The number of rotatable bonds is 1. The molecule has 0 saturated heterocycles. The number of amides is 1. The highest BCUT2D eigenvalue weighted by molar-refractivity contribution is 8.04. The molecule has 2 aliphatic rings. The smallest absolute Gasteiger partial charge is 0.250 e. The van der Waals surface area contributed by atoms with Crippen molar-refractivity contribution in [3.05, 3.63) is 22.9 Å². The van der Waals surface area contributed by atoms with Crippen LogP contribution in [0.5, 0.6) is 0 Å². The molecule has 72 valence electrons. The summed E-state index contributed by atoms with van der Waals surface area (Å²) in [5.41, 5.74) is 6.17. The van der Waals surface area contributed by atoms with Gasteiger partial charge in [-0.2, -0.15) is 0 Å². The molecule has 0 saturated carbocycles. The molecule has 1 unspecified atom stereocenters. The summed E-state index contributed by atoms with van der Waals surface area (Å²) in [5.74, 6) is -0.317. The molecule has 0 spiro atoms. The van der Waals surface area contributed by atoms with E-state index in [0.29, 0.717) is 0 Å². The predicted molar refractivity (Wildman–Crippen MR) is 55.1 cm³/mol. The van der Waals surface area contributed by atoms with Crippen LogP contribution in [-0.2, 0) is 4.79 Å². The van der Waals surface area contributed by atoms with Crippen LogP contribution in [0.4, 0.5) is 0 Å². The minimum Gasteiger partial charge on any atom is -0.386 e. The number of thioether (sulfide) groups is 1. The van der Waals surface area contributed by atoms with E-state index in [1.807, 2.05) is 12.3 Å². The van der Waals surface area contributed by atoms with Crippen LogP contribution in [0.25, 0.3) is 0 Å². The number of nitrogens with two attached hydrogens (primary N) is 1. The summed E-state index contributed by atoms with van der Waals surface area (Å²) >= 11 is 1.48. The molecule has 0 aromatic carbocycles. The maximum atomic E-state index is 10.8. The first-order valence-corrected chi connectivity index (χ1v) is 4.51. The summed E-state index contributed by atoms with van der Waals surface area (Å²) in [6.45, 7) is 0.785. The lowest BCUT2D eigenvalue weighted by Gasteiger charge is -2.07. The first-order chi connectivity index (χ1) is 5.77. The molecule has 2 rings (SSSR count). The molecule has 1 atom stereocenters. The van der Waals surface area contributed by atoms with Gasteiger partial charge in [0.2, 0.25) is 0 Å². The van der Waals surface area contributed by atoms with Gasteiger partial charge >= 0.3 is 0 Å². The second kappa shape index (κ2) is 3.93. The zero-order valence-corrected chi connectivity index (χ0v) is 8.37. The fourth-order valence-electron chi connectivity index (χ4n) is 1.16. The number of hydrogen-bond acceptors (Lipinski definition) is 4. The highest BCUT2D eigenvalue weighted by Crippen LogP contribution is 2.31. The second-order valence-corrected chi connectivity index (χ2v) is 3.80. The number of primary amides is 1. The zero-order valence-electron chi connectivity index (χ0n) is 6.74. The fraction of sp³-hybridized carbons (Fsp3) is 0.286. The SMILES string of the molecule is Cl.NC(=O)C1NC2=C(CNC=C2)S1. The van der Waals surface area contributed by atoms with Crippen LogP contribution in [0, 0.1) is 0 Å². The monoisotopic (exact) mass is 219 g/mol. The summed E-state index contributed by atoms with van der Waals surface area (Å²) in [7, 11) is 0. The lowest BCUT2D eigenvalue weighted by molar-refractivity contribution is -0.117. The van der Waals surface area contributed by atoms with Gasteiger partial charge in [0, 0.05) is 17.1 Å².